The van der Waals surface area contributed by atoms with E-state index in [0.29, 0.717) is 22.0 Å². The summed E-state index contributed by atoms with van der Waals surface area (Å²) in [6.07, 6.45) is 0.862. The van der Waals surface area contributed by atoms with Gasteiger partial charge in [-0.2, -0.15) is 5.10 Å². The quantitative estimate of drug-likeness (QED) is 0.409. The summed E-state index contributed by atoms with van der Waals surface area (Å²) in [5, 5.41) is 9.51. The van der Waals surface area contributed by atoms with Gasteiger partial charge in [0.1, 0.15) is 0 Å². The molecule has 0 heterocycles. The second-order valence-electron chi connectivity index (χ2n) is 5.71. The number of carbonyl (C=O) groups is 3. The number of carbonyl (C=O) groups excluding carboxylic acids is 3. The summed E-state index contributed by atoms with van der Waals surface area (Å²) in [6.45, 7) is 7.18. The average molecular weight is 367 g/mol. The molecule has 0 aromatic heterocycles. The first-order valence-electron chi connectivity index (χ1n) is 7.93. The zero-order chi connectivity index (χ0) is 19.0. The van der Waals surface area contributed by atoms with Crippen LogP contribution in [0.2, 0.25) is 5.02 Å². The Morgan fingerprint density at radius 1 is 1.24 bits per heavy atom. The Kier molecular flexibility index (Phi) is 8.07. The molecule has 3 N–H and O–H groups in total. The average Bonchev–Trinajstić information content (AvgIpc) is 2.56. The number of hydrogen-bond acceptors (Lipinski definition) is 4. The molecule has 0 saturated heterocycles. The third kappa shape index (κ3) is 6.93. The van der Waals surface area contributed by atoms with Gasteiger partial charge in [-0.1, -0.05) is 24.6 Å². The minimum Gasteiger partial charge on any atom is -0.353 e. The van der Waals surface area contributed by atoms with Gasteiger partial charge < -0.3 is 10.6 Å². The Bertz CT molecular complexity index is 688. The summed E-state index contributed by atoms with van der Waals surface area (Å²) in [5.41, 5.74) is 3.63. The number of nitrogens with one attached hydrogen (secondary N) is 3. The van der Waals surface area contributed by atoms with Gasteiger partial charge in [-0.15, -0.1) is 0 Å². The van der Waals surface area contributed by atoms with Crippen molar-refractivity contribution in [3.8, 4) is 0 Å². The number of anilines is 1. The monoisotopic (exact) mass is 366 g/mol. The lowest BCUT2D eigenvalue weighted by Crippen LogP contribution is -2.35. The van der Waals surface area contributed by atoms with Crippen molar-refractivity contribution >= 4 is 40.7 Å². The SMILES string of the molecule is CC[C@@H](C)NC(=O)C/C(C)=N\NC(=O)C(=O)Nc1cccc(Cl)c1C. The molecule has 3 amide bonds. The topological polar surface area (TPSA) is 99.7 Å². The molecule has 1 atom stereocenters. The van der Waals surface area contributed by atoms with E-state index in [1.165, 1.54) is 0 Å². The van der Waals surface area contributed by atoms with E-state index in [4.69, 9.17) is 11.6 Å². The normalized spacial score (nSPS) is 12.3. The molecule has 0 saturated carbocycles. The van der Waals surface area contributed by atoms with E-state index >= 15 is 0 Å². The molecule has 8 heteroatoms. The van der Waals surface area contributed by atoms with Crippen LogP contribution in [0.4, 0.5) is 5.69 Å². The van der Waals surface area contributed by atoms with Gasteiger partial charge in [0, 0.05) is 22.5 Å². The molecule has 0 fully saturated rings. The second kappa shape index (κ2) is 9.78. The van der Waals surface area contributed by atoms with Crippen molar-refractivity contribution in [2.24, 2.45) is 5.10 Å². The Morgan fingerprint density at radius 3 is 2.56 bits per heavy atom. The summed E-state index contributed by atoms with van der Waals surface area (Å²) < 4.78 is 0. The molecule has 0 unspecified atom stereocenters. The van der Waals surface area contributed by atoms with E-state index in [2.05, 4.69) is 21.2 Å². The van der Waals surface area contributed by atoms with Gasteiger partial charge in [0.2, 0.25) is 5.91 Å². The fourth-order valence-electron chi connectivity index (χ4n) is 1.82. The maximum Gasteiger partial charge on any atom is 0.329 e. The molecule has 1 aromatic rings. The first-order valence-corrected chi connectivity index (χ1v) is 8.31. The van der Waals surface area contributed by atoms with Gasteiger partial charge in [-0.05, 0) is 44.9 Å². The molecule has 0 aliphatic heterocycles. The first kappa shape index (κ1) is 20.6. The smallest absolute Gasteiger partial charge is 0.329 e. The number of nitrogens with zero attached hydrogens (tertiary/aromatic N) is 1. The van der Waals surface area contributed by atoms with Crippen LogP contribution in [-0.4, -0.2) is 29.5 Å². The molecule has 7 nitrogen and oxygen atoms in total. The van der Waals surface area contributed by atoms with E-state index in [1.54, 1.807) is 32.0 Å². The van der Waals surface area contributed by atoms with Crippen LogP contribution in [0.15, 0.2) is 23.3 Å². The molecule has 25 heavy (non-hydrogen) atoms. The van der Waals surface area contributed by atoms with Gasteiger partial charge in [0.15, 0.2) is 0 Å². The van der Waals surface area contributed by atoms with Crippen molar-refractivity contribution in [2.75, 3.05) is 5.32 Å². The highest BCUT2D eigenvalue weighted by atomic mass is 35.5. The van der Waals surface area contributed by atoms with Gasteiger partial charge >= 0.3 is 11.8 Å². The predicted octanol–water partition coefficient (Wildman–Crippen LogP) is 2.38. The van der Waals surface area contributed by atoms with Crippen molar-refractivity contribution in [3.05, 3.63) is 28.8 Å². The number of hydrogen-bond donors (Lipinski definition) is 3. The minimum atomic E-state index is -0.930. The number of amides is 3. The highest BCUT2D eigenvalue weighted by Gasteiger charge is 2.15. The number of benzene rings is 1. The van der Waals surface area contributed by atoms with Gasteiger partial charge in [0.05, 0.1) is 6.42 Å². The third-order valence-corrected chi connectivity index (χ3v) is 3.92. The Hall–Kier alpha value is -2.41. The number of hydrazone groups is 1. The fourth-order valence-corrected chi connectivity index (χ4v) is 1.99. The Balaban J connectivity index is 2.56. The van der Waals surface area contributed by atoms with Crippen LogP contribution in [0.25, 0.3) is 0 Å². The van der Waals surface area contributed by atoms with E-state index in [9.17, 15) is 14.4 Å². The molecule has 1 aromatic carbocycles. The Labute approximate surface area is 152 Å². The van der Waals surface area contributed by atoms with Crippen LogP contribution in [0.1, 0.15) is 39.2 Å². The van der Waals surface area contributed by atoms with Crippen molar-refractivity contribution in [2.45, 2.75) is 46.6 Å². The number of rotatable bonds is 6. The summed E-state index contributed by atoms with van der Waals surface area (Å²) in [5.74, 6) is -1.99. The van der Waals surface area contributed by atoms with Crippen LogP contribution in [0.3, 0.4) is 0 Å². The zero-order valence-corrected chi connectivity index (χ0v) is 15.5. The van der Waals surface area contributed by atoms with E-state index in [-0.39, 0.29) is 18.4 Å². The molecule has 0 spiro atoms. The van der Waals surface area contributed by atoms with Crippen LogP contribution >= 0.6 is 11.6 Å². The van der Waals surface area contributed by atoms with Crippen LogP contribution < -0.4 is 16.1 Å². The third-order valence-electron chi connectivity index (χ3n) is 3.51. The largest absolute Gasteiger partial charge is 0.353 e. The predicted molar refractivity (Wildman–Crippen MR) is 98.6 cm³/mol. The lowest BCUT2D eigenvalue weighted by molar-refractivity contribution is -0.136. The van der Waals surface area contributed by atoms with Gasteiger partial charge in [0.25, 0.3) is 0 Å². The van der Waals surface area contributed by atoms with Gasteiger partial charge in [-0.3, -0.25) is 14.4 Å². The molecule has 136 valence electrons. The minimum absolute atomic E-state index is 0.0413. The van der Waals surface area contributed by atoms with Crippen LogP contribution in [0.5, 0.6) is 0 Å². The number of halogens is 1. The highest BCUT2D eigenvalue weighted by molar-refractivity contribution is 6.40. The Morgan fingerprint density at radius 2 is 1.92 bits per heavy atom. The standard InChI is InChI=1S/C17H23ClN4O3/c1-5-10(2)19-15(23)9-11(3)21-22-17(25)16(24)20-14-8-6-7-13(18)12(14)4/h6-8,10H,5,9H2,1-4H3,(H,19,23)(H,20,24)(H,22,25)/b21-11-/t10-/m1/s1. The molecule has 1 rings (SSSR count). The summed E-state index contributed by atoms with van der Waals surface area (Å²) >= 11 is 5.96. The molecular formula is C17H23ClN4O3. The first-order chi connectivity index (χ1) is 11.7. The summed E-state index contributed by atoms with van der Waals surface area (Å²) in [4.78, 5) is 35.4. The van der Waals surface area contributed by atoms with Crippen molar-refractivity contribution < 1.29 is 14.4 Å². The van der Waals surface area contributed by atoms with Crippen molar-refractivity contribution in [1.82, 2.24) is 10.7 Å². The molecule has 0 radical (unpaired) electrons. The van der Waals surface area contributed by atoms with Crippen molar-refractivity contribution in [1.29, 1.82) is 0 Å². The van der Waals surface area contributed by atoms with Gasteiger partial charge in [-0.25, -0.2) is 5.43 Å². The molecule has 0 aliphatic carbocycles. The van der Waals surface area contributed by atoms with Crippen molar-refractivity contribution in [3.63, 3.8) is 0 Å². The lowest BCUT2D eigenvalue weighted by Gasteiger charge is -2.11. The fraction of sp³-hybridized carbons (Fsp3) is 0.412. The molecule has 0 bridgehead atoms. The van der Waals surface area contributed by atoms with E-state index < -0.39 is 11.8 Å². The molecule has 0 aliphatic rings. The van der Waals surface area contributed by atoms with Crippen LogP contribution in [-0.2, 0) is 14.4 Å². The van der Waals surface area contributed by atoms with Crippen LogP contribution in [0, 0.1) is 6.92 Å². The maximum atomic E-state index is 11.9. The lowest BCUT2D eigenvalue weighted by atomic mass is 10.2. The summed E-state index contributed by atoms with van der Waals surface area (Å²) in [7, 11) is 0. The van der Waals surface area contributed by atoms with E-state index in [0.717, 1.165) is 6.42 Å². The maximum absolute atomic E-state index is 11.9. The highest BCUT2D eigenvalue weighted by Crippen LogP contribution is 2.22. The summed E-state index contributed by atoms with van der Waals surface area (Å²) in [6, 6.07) is 5.06. The van der Waals surface area contributed by atoms with E-state index in [1.807, 2.05) is 13.8 Å². The zero-order valence-electron chi connectivity index (χ0n) is 14.8. The molecular weight excluding hydrogens is 344 g/mol. The second-order valence-corrected chi connectivity index (χ2v) is 6.12.